The third kappa shape index (κ3) is 2.05. The van der Waals surface area contributed by atoms with Crippen molar-refractivity contribution in [1.29, 1.82) is 5.26 Å². The van der Waals surface area contributed by atoms with Crippen molar-refractivity contribution in [3.8, 4) is 6.07 Å². The Morgan fingerprint density at radius 3 is 3.06 bits per heavy atom. The van der Waals surface area contributed by atoms with Crippen molar-refractivity contribution in [2.45, 2.75) is 20.3 Å². The maximum atomic E-state index is 11.5. The zero-order valence-corrected chi connectivity index (χ0v) is 10.3. The standard InChI is InChI=1S/C11H14N6O/c1-3-16(6-4-5-12)9-7-10-14-15-11(18)17(10)8(2)13-9/h7H,3-4,6H2,1-2H3,(H,15,18). The van der Waals surface area contributed by atoms with Crippen LogP contribution < -0.4 is 10.6 Å². The van der Waals surface area contributed by atoms with Crippen molar-refractivity contribution in [2.75, 3.05) is 18.0 Å². The number of hydrogen-bond acceptors (Lipinski definition) is 5. The van der Waals surface area contributed by atoms with E-state index in [-0.39, 0.29) is 5.69 Å². The fraction of sp³-hybridized carbons (Fsp3) is 0.455. The lowest BCUT2D eigenvalue weighted by molar-refractivity contribution is 0.798. The van der Waals surface area contributed by atoms with Crippen molar-refractivity contribution in [1.82, 2.24) is 19.6 Å². The monoisotopic (exact) mass is 246 g/mol. The molecule has 0 bridgehead atoms. The molecule has 94 valence electrons. The number of aromatic amines is 1. The second-order valence-electron chi connectivity index (χ2n) is 3.87. The largest absolute Gasteiger partial charge is 0.356 e. The van der Waals surface area contributed by atoms with Gasteiger partial charge in [-0.1, -0.05) is 0 Å². The molecule has 0 saturated carbocycles. The van der Waals surface area contributed by atoms with Gasteiger partial charge in [-0.3, -0.25) is 0 Å². The van der Waals surface area contributed by atoms with Gasteiger partial charge in [0, 0.05) is 19.2 Å². The molecule has 1 N–H and O–H groups in total. The minimum absolute atomic E-state index is 0.290. The zero-order valence-electron chi connectivity index (χ0n) is 10.3. The number of rotatable bonds is 4. The van der Waals surface area contributed by atoms with Gasteiger partial charge in [0.25, 0.3) is 0 Å². The predicted octanol–water partition coefficient (Wildman–Crippen LogP) is 0.466. The molecule has 7 heteroatoms. The molecule has 0 atom stereocenters. The highest BCUT2D eigenvalue weighted by Gasteiger charge is 2.11. The molecule has 0 aliphatic carbocycles. The van der Waals surface area contributed by atoms with E-state index >= 15 is 0 Å². The molecular formula is C11H14N6O. The van der Waals surface area contributed by atoms with Crippen molar-refractivity contribution in [3.63, 3.8) is 0 Å². The van der Waals surface area contributed by atoms with Gasteiger partial charge in [-0.05, 0) is 13.8 Å². The fourth-order valence-corrected chi connectivity index (χ4v) is 1.86. The molecule has 2 rings (SSSR count). The van der Waals surface area contributed by atoms with E-state index in [9.17, 15) is 4.79 Å². The number of nitrogens with zero attached hydrogens (tertiary/aromatic N) is 5. The van der Waals surface area contributed by atoms with E-state index in [0.29, 0.717) is 24.4 Å². The van der Waals surface area contributed by atoms with Crippen LogP contribution in [0.5, 0.6) is 0 Å². The SMILES string of the molecule is CCN(CCC#N)c1cc2n[nH]c(=O)n2c(C)n1. The van der Waals surface area contributed by atoms with E-state index in [1.807, 2.05) is 11.8 Å². The van der Waals surface area contributed by atoms with Crippen LogP contribution in [0.25, 0.3) is 5.65 Å². The Hall–Kier alpha value is -2.36. The lowest BCUT2D eigenvalue weighted by Gasteiger charge is -2.20. The zero-order chi connectivity index (χ0) is 13.1. The van der Waals surface area contributed by atoms with Gasteiger partial charge in [-0.2, -0.15) is 10.4 Å². The summed E-state index contributed by atoms with van der Waals surface area (Å²) in [4.78, 5) is 17.8. The summed E-state index contributed by atoms with van der Waals surface area (Å²) in [7, 11) is 0. The summed E-state index contributed by atoms with van der Waals surface area (Å²) in [5, 5.41) is 14.9. The molecule has 7 nitrogen and oxygen atoms in total. The Kier molecular flexibility index (Phi) is 3.28. The van der Waals surface area contributed by atoms with Crippen LogP contribution in [-0.2, 0) is 0 Å². The number of nitrogens with one attached hydrogen (secondary N) is 1. The van der Waals surface area contributed by atoms with E-state index in [0.717, 1.165) is 12.4 Å². The molecule has 0 saturated heterocycles. The highest BCUT2D eigenvalue weighted by molar-refractivity contribution is 5.51. The van der Waals surface area contributed by atoms with Gasteiger partial charge in [0.15, 0.2) is 5.65 Å². The highest BCUT2D eigenvalue weighted by atomic mass is 16.1. The molecule has 0 unspecified atom stereocenters. The summed E-state index contributed by atoms with van der Waals surface area (Å²) in [6.45, 7) is 5.12. The summed E-state index contributed by atoms with van der Waals surface area (Å²) in [5.41, 5.74) is 0.250. The third-order valence-corrected chi connectivity index (χ3v) is 2.76. The van der Waals surface area contributed by atoms with Gasteiger partial charge in [0.1, 0.15) is 11.6 Å². The normalized spacial score (nSPS) is 10.5. The first-order valence-electron chi connectivity index (χ1n) is 5.74. The molecule has 2 aromatic rings. The summed E-state index contributed by atoms with van der Waals surface area (Å²) in [6.07, 6.45) is 0.438. The molecule has 0 fully saturated rings. The van der Waals surface area contributed by atoms with E-state index in [1.165, 1.54) is 4.40 Å². The molecule has 0 radical (unpaired) electrons. The minimum atomic E-state index is -0.290. The van der Waals surface area contributed by atoms with Gasteiger partial charge < -0.3 is 4.90 Å². The summed E-state index contributed by atoms with van der Waals surface area (Å²) >= 11 is 0. The number of anilines is 1. The first-order chi connectivity index (χ1) is 8.67. The minimum Gasteiger partial charge on any atom is -0.356 e. The van der Waals surface area contributed by atoms with Crippen LogP contribution >= 0.6 is 0 Å². The Balaban J connectivity index is 2.45. The number of H-pyrrole nitrogens is 1. The molecule has 0 amide bonds. The molecule has 0 aromatic carbocycles. The number of hydrogen-bond donors (Lipinski definition) is 1. The molecule has 0 aliphatic rings. The average molecular weight is 246 g/mol. The Bertz CT molecular complexity index is 650. The van der Waals surface area contributed by atoms with Crippen LogP contribution in [0.3, 0.4) is 0 Å². The lowest BCUT2D eigenvalue weighted by atomic mass is 10.3. The number of nitriles is 1. The maximum Gasteiger partial charge on any atom is 0.349 e. The molecule has 18 heavy (non-hydrogen) atoms. The molecular weight excluding hydrogens is 232 g/mol. The van der Waals surface area contributed by atoms with Crippen LogP contribution in [-0.4, -0.2) is 32.7 Å². The first-order valence-corrected chi connectivity index (χ1v) is 5.74. The van der Waals surface area contributed by atoms with Gasteiger partial charge in [-0.15, -0.1) is 0 Å². The second-order valence-corrected chi connectivity index (χ2v) is 3.87. The molecule has 0 aliphatic heterocycles. The number of fused-ring (bicyclic) bond motifs is 1. The second kappa shape index (κ2) is 4.87. The number of aryl methyl sites for hydroxylation is 1. The lowest BCUT2D eigenvalue weighted by Crippen LogP contribution is -2.26. The van der Waals surface area contributed by atoms with Crippen LogP contribution in [0.15, 0.2) is 10.9 Å². The van der Waals surface area contributed by atoms with Crippen molar-refractivity contribution < 1.29 is 0 Å². The van der Waals surface area contributed by atoms with Crippen molar-refractivity contribution >= 4 is 11.5 Å². The first kappa shape index (κ1) is 12.1. The summed E-state index contributed by atoms with van der Waals surface area (Å²) in [6, 6.07) is 3.85. The molecule has 0 spiro atoms. The van der Waals surface area contributed by atoms with E-state index in [4.69, 9.17) is 5.26 Å². The average Bonchev–Trinajstić information content (AvgIpc) is 2.72. The van der Waals surface area contributed by atoms with Crippen LogP contribution in [0.2, 0.25) is 0 Å². The smallest absolute Gasteiger partial charge is 0.349 e. The highest BCUT2D eigenvalue weighted by Crippen LogP contribution is 2.13. The topological polar surface area (TPSA) is 90.1 Å². The van der Waals surface area contributed by atoms with Gasteiger partial charge >= 0.3 is 5.69 Å². The predicted molar refractivity (Wildman–Crippen MR) is 66.5 cm³/mol. The van der Waals surface area contributed by atoms with Gasteiger partial charge in [0.2, 0.25) is 0 Å². The number of aromatic nitrogens is 4. The summed E-state index contributed by atoms with van der Waals surface area (Å²) < 4.78 is 1.42. The van der Waals surface area contributed by atoms with Crippen LogP contribution in [0.4, 0.5) is 5.82 Å². The van der Waals surface area contributed by atoms with Gasteiger partial charge in [0.05, 0.1) is 12.5 Å². The Morgan fingerprint density at radius 1 is 1.61 bits per heavy atom. The third-order valence-electron chi connectivity index (χ3n) is 2.76. The van der Waals surface area contributed by atoms with Crippen LogP contribution in [0, 0.1) is 18.3 Å². The van der Waals surface area contributed by atoms with E-state index in [1.54, 1.807) is 13.0 Å². The summed E-state index contributed by atoms with van der Waals surface area (Å²) in [5.74, 6) is 1.31. The fourth-order valence-electron chi connectivity index (χ4n) is 1.86. The Morgan fingerprint density at radius 2 is 2.39 bits per heavy atom. The van der Waals surface area contributed by atoms with Crippen molar-refractivity contribution in [2.24, 2.45) is 0 Å². The molecule has 2 aromatic heterocycles. The van der Waals surface area contributed by atoms with Gasteiger partial charge in [-0.25, -0.2) is 19.3 Å². The van der Waals surface area contributed by atoms with Crippen LogP contribution in [0.1, 0.15) is 19.2 Å². The molecule has 2 heterocycles. The van der Waals surface area contributed by atoms with E-state index < -0.39 is 0 Å². The van der Waals surface area contributed by atoms with E-state index in [2.05, 4.69) is 21.3 Å². The maximum absolute atomic E-state index is 11.5. The Labute approximate surface area is 104 Å². The quantitative estimate of drug-likeness (QED) is 0.846. The van der Waals surface area contributed by atoms with Crippen molar-refractivity contribution in [3.05, 3.63) is 22.4 Å².